The van der Waals surface area contributed by atoms with Crippen LogP contribution in [-0.4, -0.2) is 11.9 Å². The van der Waals surface area contributed by atoms with E-state index in [0.717, 1.165) is 16.7 Å². The van der Waals surface area contributed by atoms with Crippen LogP contribution in [0.5, 0.6) is 11.5 Å². The van der Waals surface area contributed by atoms with Gasteiger partial charge in [-0.3, -0.25) is 10.1 Å². The first-order valence-electron chi connectivity index (χ1n) is 9.59. The van der Waals surface area contributed by atoms with Crippen LogP contribution in [0.3, 0.4) is 0 Å². The van der Waals surface area contributed by atoms with Gasteiger partial charge in [0.15, 0.2) is 0 Å². The Kier molecular flexibility index (Phi) is 6.88. The summed E-state index contributed by atoms with van der Waals surface area (Å²) in [5.74, 6) is 0.637. The lowest BCUT2D eigenvalue weighted by molar-refractivity contribution is 0.0967. The Morgan fingerprint density at radius 1 is 0.903 bits per heavy atom. The van der Waals surface area contributed by atoms with Gasteiger partial charge in [0.1, 0.15) is 11.5 Å². The third-order valence-electron chi connectivity index (χ3n) is 4.80. The molecule has 0 atom stereocenters. The summed E-state index contributed by atoms with van der Waals surface area (Å²) in [6.45, 7) is 7.55. The maximum Gasteiger partial charge on any atom is 0.326 e. The summed E-state index contributed by atoms with van der Waals surface area (Å²) in [6.07, 6.45) is 0. The highest BCUT2D eigenvalue weighted by Gasteiger charge is 2.18. The van der Waals surface area contributed by atoms with Gasteiger partial charge < -0.3 is 10.1 Å². The van der Waals surface area contributed by atoms with Crippen molar-refractivity contribution in [3.63, 3.8) is 0 Å². The van der Waals surface area contributed by atoms with Crippen LogP contribution in [0.15, 0.2) is 48.5 Å². The molecule has 5 nitrogen and oxygen atoms in total. The third-order valence-corrected chi connectivity index (χ3v) is 5.59. The third kappa shape index (κ3) is 5.19. The monoisotopic (exact) mass is 456 g/mol. The average molecular weight is 457 g/mol. The number of benzene rings is 3. The number of hydrogen-bond acceptors (Lipinski definition) is 3. The van der Waals surface area contributed by atoms with E-state index >= 15 is 0 Å². The van der Waals surface area contributed by atoms with Crippen molar-refractivity contribution in [3.05, 3.63) is 86.4 Å². The van der Waals surface area contributed by atoms with E-state index in [1.807, 2.05) is 39.0 Å². The van der Waals surface area contributed by atoms with Crippen LogP contribution < -0.4 is 15.4 Å². The molecule has 3 aromatic rings. The highest BCUT2D eigenvalue weighted by atomic mass is 35.5. The fourth-order valence-electron chi connectivity index (χ4n) is 3.00. The van der Waals surface area contributed by atoms with E-state index in [4.69, 9.17) is 27.9 Å². The Labute approximate surface area is 191 Å². The van der Waals surface area contributed by atoms with E-state index in [0.29, 0.717) is 27.8 Å². The standard InChI is InChI=1S/C24H22Cl2N2O3/c1-13-9-10-14(2)20(11-13)31-22-15(3)12-19(16(4)21(22)26)27-24(30)28-23(29)17-7-5-6-8-18(17)25/h5-12H,1-4H3,(H2,27,28,29,30). The summed E-state index contributed by atoms with van der Waals surface area (Å²) >= 11 is 12.6. The minimum atomic E-state index is -0.688. The van der Waals surface area contributed by atoms with Crippen molar-refractivity contribution in [1.29, 1.82) is 0 Å². The number of anilines is 1. The molecule has 7 heteroatoms. The molecular formula is C24H22Cl2N2O3. The average Bonchev–Trinajstić information content (AvgIpc) is 2.71. The van der Waals surface area contributed by atoms with E-state index in [1.54, 1.807) is 31.2 Å². The van der Waals surface area contributed by atoms with Crippen LogP contribution in [0.25, 0.3) is 0 Å². The molecule has 3 rings (SSSR count). The van der Waals surface area contributed by atoms with Crippen LogP contribution in [-0.2, 0) is 0 Å². The van der Waals surface area contributed by atoms with Crippen molar-refractivity contribution < 1.29 is 14.3 Å². The van der Waals surface area contributed by atoms with Gasteiger partial charge in [0.05, 0.1) is 15.6 Å². The molecule has 3 amide bonds. The summed E-state index contributed by atoms with van der Waals surface area (Å²) in [5.41, 5.74) is 4.10. The zero-order chi connectivity index (χ0) is 22.7. The van der Waals surface area contributed by atoms with E-state index in [9.17, 15) is 9.59 Å². The molecule has 0 saturated carbocycles. The van der Waals surface area contributed by atoms with Crippen molar-refractivity contribution in [2.24, 2.45) is 0 Å². The number of aryl methyl sites for hydroxylation is 3. The second-order valence-electron chi connectivity index (χ2n) is 7.27. The summed E-state index contributed by atoms with van der Waals surface area (Å²) in [4.78, 5) is 24.7. The van der Waals surface area contributed by atoms with Crippen molar-refractivity contribution in [1.82, 2.24) is 5.32 Å². The molecule has 0 spiro atoms. The Balaban J connectivity index is 1.80. The topological polar surface area (TPSA) is 67.4 Å². The molecule has 0 radical (unpaired) electrons. The van der Waals surface area contributed by atoms with E-state index < -0.39 is 11.9 Å². The van der Waals surface area contributed by atoms with Gasteiger partial charge in [-0.25, -0.2) is 4.79 Å². The fraction of sp³-hybridized carbons (Fsp3) is 0.167. The first-order valence-corrected chi connectivity index (χ1v) is 10.3. The van der Waals surface area contributed by atoms with Crippen LogP contribution in [0.1, 0.15) is 32.6 Å². The molecule has 0 aliphatic rings. The molecule has 3 aromatic carbocycles. The van der Waals surface area contributed by atoms with E-state index in [1.165, 1.54) is 6.07 Å². The van der Waals surface area contributed by atoms with Crippen LogP contribution in [0.2, 0.25) is 10.0 Å². The summed E-state index contributed by atoms with van der Waals surface area (Å²) < 4.78 is 6.10. The number of hydrogen-bond donors (Lipinski definition) is 2. The Hall–Kier alpha value is -3.02. The zero-order valence-electron chi connectivity index (χ0n) is 17.6. The van der Waals surface area contributed by atoms with Gasteiger partial charge in [-0.1, -0.05) is 47.5 Å². The second kappa shape index (κ2) is 9.41. The fourth-order valence-corrected chi connectivity index (χ4v) is 3.51. The highest BCUT2D eigenvalue weighted by molar-refractivity contribution is 6.34. The highest BCUT2D eigenvalue weighted by Crippen LogP contribution is 2.39. The number of halogens is 2. The SMILES string of the molecule is Cc1ccc(C)c(Oc2c(C)cc(NC(=O)NC(=O)c3ccccc3Cl)c(C)c2Cl)c1. The Bertz CT molecular complexity index is 1180. The molecule has 31 heavy (non-hydrogen) atoms. The minimum Gasteiger partial charge on any atom is -0.455 e. The number of rotatable bonds is 4. The summed E-state index contributed by atoms with van der Waals surface area (Å²) in [5, 5.41) is 5.58. The first kappa shape index (κ1) is 22.7. The van der Waals surface area contributed by atoms with Crippen LogP contribution >= 0.6 is 23.2 Å². The molecule has 0 heterocycles. The van der Waals surface area contributed by atoms with Crippen LogP contribution in [0, 0.1) is 27.7 Å². The molecule has 0 aliphatic heterocycles. The normalized spacial score (nSPS) is 10.5. The van der Waals surface area contributed by atoms with Gasteiger partial charge in [0.2, 0.25) is 0 Å². The minimum absolute atomic E-state index is 0.211. The lowest BCUT2D eigenvalue weighted by Gasteiger charge is -2.18. The van der Waals surface area contributed by atoms with E-state index in [2.05, 4.69) is 10.6 Å². The van der Waals surface area contributed by atoms with Crippen molar-refractivity contribution in [2.75, 3.05) is 5.32 Å². The number of amides is 3. The number of carbonyl (C=O) groups excluding carboxylic acids is 2. The van der Waals surface area contributed by atoms with Gasteiger partial charge >= 0.3 is 6.03 Å². The van der Waals surface area contributed by atoms with Crippen molar-refractivity contribution in [3.8, 4) is 11.5 Å². The number of nitrogens with one attached hydrogen (secondary N) is 2. The molecule has 0 bridgehead atoms. The second-order valence-corrected chi connectivity index (χ2v) is 8.05. The molecule has 160 valence electrons. The first-order chi connectivity index (χ1) is 14.7. The largest absolute Gasteiger partial charge is 0.455 e. The van der Waals surface area contributed by atoms with E-state index in [-0.39, 0.29) is 10.6 Å². The quantitative estimate of drug-likeness (QED) is 0.444. The van der Waals surface area contributed by atoms with Crippen molar-refractivity contribution in [2.45, 2.75) is 27.7 Å². The Morgan fingerprint density at radius 2 is 1.61 bits per heavy atom. The molecular weight excluding hydrogens is 435 g/mol. The van der Waals surface area contributed by atoms with Gasteiger partial charge in [-0.2, -0.15) is 0 Å². The predicted octanol–water partition coefficient (Wildman–Crippen LogP) is 6.98. The van der Waals surface area contributed by atoms with Crippen LogP contribution in [0.4, 0.5) is 10.5 Å². The lowest BCUT2D eigenvalue weighted by atomic mass is 10.1. The van der Waals surface area contributed by atoms with Gasteiger partial charge in [0.25, 0.3) is 5.91 Å². The maximum atomic E-state index is 12.4. The number of carbonyl (C=O) groups is 2. The zero-order valence-corrected chi connectivity index (χ0v) is 19.1. The summed E-state index contributed by atoms with van der Waals surface area (Å²) in [6, 6.07) is 13.5. The molecule has 0 aromatic heterocycles. The van der Waals surface area contributed by atoms with Gasteiger partial charge in [-0.05, 0) is 74.2 Å². The summed E-state index contributed by atoms with van der Waals surface area (Å²) in [7, 11) is 0. The molecule has 0 unspecified atom stereocenters. The Morgan fingerprint density at radius 3 is 2.32 bits per heavy atom. The lowest BCUT2D eigenvalue weighted by Crippen LogP contribution is -2.34. The number of imide groups is 1. The molecule has 0 aliphatic carbocycles. The molecule has 2 N–H and O–H groups in total. The smallest absolute Gasteiger partial charge is 0.326 e. The molecule has 0 fully saturated rings. The van der Waals surface area contributed by atoms with Gasteiger partial charge in [0, 0.05) is 5.69 Å². The van der Waals surface area contributed by atoms with Crippen molar-refractivity contribution >= 4 is 40.8 Å². The predicted molar refractivity (Wildman–Crippen MR) is 125 cm³/mol. The number of ether oxygens (including phenoxy) is 1. The maximum absolute atomic E-state index is 12.4. The molecule has 0 saturated heterocycles. The van der Waals surface area contributed by atoms with Gasteiger partial charge in [-0.15, -0.1) is 0 Å². The number of urea groups is 1.